The summed E-state index contributed by atoms with van der Waals surface area (Å²) < 4.78 is 0. The first-order valence-corrected chi connectivity index (χ1v) is 4.03. The van der Waals surface area contributed by atoms with Gasteiger partial charge in [0.15, 0.2) is 0 Å². The van der Waals surface area contributed by atoms with Crippen LogP contribution in [0.15, 0.2) is 0 Å². The Hall–Kier alpha value is -0.220. The third kappa shape index (κ3) is 4.29. The minimum absolute atomic E-state index is 0.490. The van der Waals surface area contributed by atoms with Gasteiger partial charge in [0.2, 0.25) is 0 Å². The topological polar surface area (TPSA) is 66.2 Å². The van der Waals surface area contributed by atoms with E-state index in [1.807, 2.05) is 6.26 Å². The number of nitrogens with two attached hydrogens (primary N) is 1. The summed E-state index contributed by atoms with van der Waals surface area (Å²) in [5.41, 5.74) is 5.13. The van der Waals surface area contributed by atoms with Crippen LogP contribution in [0.25, 0.3) is 0 Å². The quantitative estimate of drug-likeness (QED) is 0.545. The minimum atomic E-state index is -1.16. The monoisotopic (exact) mass is 148 g/mol. The van der Waals surface area contributed by atoms with Gasteiger partial charge >= 0.3 is 0 Å². The fourth-order valence-electron chi connectivity index (χ4n) is 0.363. The smallest absolute Gasteiger partial charge is 0.0582 e. The number of hydrogen-bond donors (Lipinski definition) is 1. The Morgan fingerprint density at radius 1 is 1.89 bits per heavy atom. The third-order valence-electron chi connectivity index (χ3n) is 0.936. The third-order valence-corrected chi connectivity index (χ3v) is 1.58. The van der Waals surface area contributed by atoms with Gasteiger partial charge in [-0.3, -0.25) is 0 Å². The Morgan fingerprint density at radius 2 is 2.44 bits per heavy atom. The summed E-state index contributed by atoms with van der Waals surface area (Å²) in [6.07, 6.45) is 2.39. The van der Waals surface area contributed by atoms with Crippen LogP contribution in [0.5, 0.6) is 0 Å². The van der Waals surface area contributed by atoms with Gasteiger partial charge < -0.3 is 15.6 Å². The number of rotatable bonds is 4. The lowest BCUT2D eigenvalue weighted by Crippen LogP contribution is -2.42. The molecule has 0 aromatic carbocycles. The largest absolute Gasteiger partial charge is 0.548 e. The van der Waals surface area contributed by atoms with Crippen molar-refractivity contribution >= 4 is 17.7 Å². The van der Waals surface area contributed by atoms with Gasteiger partial charge in [0.25, 0.3) is 0 Å². The summed E-state index contributed by atoms with van der Waals surface area (Å²) in [7, 11) is 0. The minimum Gasteiger partial charge on any atom is -0.548 e. The number of carboxylic acid groups (broad SMARTS) is 1. The average Bonchev–Trinajstić information content (AvgIpc) is 1.82. The number of carbonyl (C=O) groups is 1. The van der Waals surface area contributed by atoms with Gasteiger partial charge in [-0.05, 0) is 18.4 Å². The summed E-state index contributed by atoms with van der Waals surface area (Å²) in [6.45, 7) is 0. The molecule has 0 aromatic rings. The van der Waals surface area contributed by atoms with Crippen LogP contribution >= 0.6 is 11.8 Å². The molecule has 0 saturated carbocycles. The Morgan fingerprint density at radius 3 is 2.78 bits per heavy atom. The van der Waals surface area contributed by atoms with Crippen molar-refractivity contribution in [3.8, 4) is 0 Å². The second-order valence-electron chi connectivity index (χ2n) is 1.71. The first kappa shape index (κ1) is 8.78. The van der Waals surface area contributed by atoms with E-state index in [1.165, 1.54) is 0 Å². The zero-order valence-electron chi connectivity index (χ0n) is 5.29. The van der Waals surface area contributed by atoms with Crippen molar-refractivity contribution in [1.29, 1.82) is 0 Å². The van der Waals surface area contributed by atoms with Crippen molar-refractivity contribution in [2.75, 3.05) is 12.0 Å². The SMILES string of the molecule is CSCCC(N)C(=O)[O-]. The molecule has 3 nitrogen and oxygen atoms in total. The maximum Gasteiger partial charge on any atom is 0.0582 e. The molecular formula is C5H10NO2S-. The van der Waals surface area contributed by atoms with Gasteiger partial charge in [-0.15, -0.1) is 0 Å². The lowest BCUT2D eigenvalue weighted by molar-refractivity contribution is -0.307. The number of hydrogen-bond acceptors (Lipinski definition) is 4. The summed E-state index contributed by atoms with van der Waals surface area (Å²) >= 11 is 1.58. The predicted molar refractivity (Wildman–Crippen MR) is 36.0 cm³/mol. The van der Waals surface area contributed by atoms with Gasteiger partial charge in [-0.1, -0.05) is 0 Å². The second kappa shape index (κ2) is 4.64. The predicted octanol–water partition coefficient (Wildman–Crippen LogP) is -1.18. The number of aliphatic carboxylic acids is 1. The zero-order valence-corrected chi connectivity index (χ0v) is 6.11. The first-order valence-electron chi connectivity index (χ1n) is 2.64. The number of carbonyl (C=O) groups excluding carboxylic acids is 1. The molecule has 9 heavy (non-hydrogen) atoms. The molecule has 0 aliphatic heterocycles. The molecule has 0 aliphatic rings. The summed E-state index contributed by atoms with van der Waals surface area (Å²) in [5.74, 6) is -0.390. The van der Waals surface area contributed by atoms with Gasteiger partial charge in [0.05, 0.1) is 5.97 Å². The highest BCUT2D eigenvalue weighted by Crippen LogP contribution is 1.96. The lowest BCUT2D eigenvalue weighted by atomic mass is 10.2. The van der Waals surface area contributed by atoms with Gasteiger partial charge in [-0.25, -0.2) is 0 Å². The molecule has 0 saturated heterocycles. The molecule has 0 amide bonds. The Bertz CT molecular complexity index is 97.0. The Labute approximate surface area is 58.6 Å². The van der Waals surface area contributed by atoms with Crippen molar-refractivity contribution in [3.05, 3.63) is 0 Å². The van der Waals surface area contributed by atoms with Crippen molar-refractivity contribution in [2.45, 2.75) is 12.5 Å². The molecule has 0 spiro atoms. The highest BCUT2D eigenvalue weighted by molar-refractivity contribution is 7.98. The molecule has 4 heteroatoms. The first-order chi connectivity index (χ1) is 4.18. The molecule has 0 aliphatic carbocycles. The van der Waals surface area contributed by atoms with Crippen LogP contribution in [-0.2, 0) is 4.79 Å². The molecule has 54 valence electrons. The second-order valence-corrected chi connectivity index (χ2v) is 2.69. The molecule has 0 aromatic heterocycles. The highest BCUT2D eigenvalue weighted by atomic mass is 32.2. The molecule has 0 bridgehead atoms. The van der Waals surface area contributed by atoms with Crippen LogP contribution in [0, 0.1) is 0 Å². The number of carboxylic acids is 1. The average molecular weight is 148 g/mol. The normalized spacial score (nSPS) is 13.1. The fraction of sp³-hybridized carbons (Fsp3) is 0.800. The van der Waals surface area contributed by atoms with E-state index in [9.17, 15) is 9.90 Å². The summed E-state index contributed by atoms with van der Waals surface area (Å²) in [4.78, 5) is 9.96. The van der Waals surface area contributed by atoms with Crippen LogP contribution in [-0.4, -0.2) is 24.0 Å². The van der Waals surface area contributed by atoms with Gasteiger partial charge in [-0.2, -0.15) is 11.8 Å². The van der Waals surface area contributed by atoms with Crippen LogP contribution in [0.1, 0.15) is 6.42 Å². The summed E-state index contributed by atoms with van der Waals surface area (Å²) in [5, 5.41) is 9.96. The van der Waals surface area contributed by atoms with E-state index in [1.54, 1.807) is 11.8 Å². The van der Waals surface area contributed by atoms with Crippen LogP contribution in [0.2, 0.25) is 0 Å². The maximum absolute atomic E-state index is 9.96. The Kier molecular flexibility index (Phi) is 4.53. The number of thioether (sulfide) groups is 1. The molecule has 0 fully saturated rings. The van der Waals surface area contributed by atoms with Crippen molar-refractivity contribution in [3.63, 3.8) is 0 Å². The van der Waals surface area contributed by atoms with E-state index in [2.05, 4.69) is 0 Å². The maximum atomic E-state index is 9.96. The Balaban J connectivity index is 3.27. The molecule has 0 radical (unpaired) electrons. The van der Waals surface area contributed by atoms with E-state index in [4.69, 9.17) is 5.73 Å². The van der Waals surface area contributed by atoms with Crippen molar-refractivity contribution in [2.24, 2.45) is 5.73 Å². The van der Waals surface area contributed by atoms with Crippen molar-refractivity contribution in [1.82, 2.24) is 0 Å². The van der Waals surface area contributed by atoms with Crippen molar-refractivity contribution < 1.29 is 9.90 Å². The fourth-order valence-corrected chi connectivity index (χ4v) is 0.852. The highest BCUT2D eigenvalue weighted by Gasteiger charge is 2.00. The van der Waals surface area contributed by atoms with E-state index >= 15 is 0 Å². The van der Waals surface area contributed by atoms with E-state index in [-0.39, 0.29) is 0 Å². The van der Waals surface area contributed by atoms with E-state index in [0.717, 1.165) is 5.75 Å². The zero-order chi connectivity index (χ0) is 7.28. The van der Waals surface area contributed by atoms with Gasteiger partial charge in [0, 0.05) is 6.04 Å². The molecule has 0 heterocycles. The molecule has 1 unspecified atom stereocenters. The molecule has 0 rings (SSSR count). The molecule has 1 atom stereocenters. The van der Waals surface area contributed by atoms with Crippen LogP contribution in [0.4, 0.5) is 0 Å². The summed E-state index contributed by atoms with van der Waals surface area (Å²) in [6, 6.07) is -0.794. The molecular weight excluding hydrogens is 138 g/mol. The standard InChI is InChI=1S/C5H11NO2S/c1-9-3-2-4(6)5(7)8/h4H,2-3,6H2,1H3,(H,7,8)/p-1. The van der Waals surface area contributed by atoms with Crippen LogP contribution < -0.4 is 10.8 Å². The van der Waals surface area contributed by atoms with Gasteiger partial charge in [0.1, 0.15) is 0 Å². The van der Waals surface area contributed by atoms with E-state index < -0.39 is 12.0 Å². The molecule has 2 N–H and O–H groups in total. The van der Waals surface area contributed by atoms with Crippen LogP contribution in [0.3, 0.4) is 0 Å². The lowest BCUT2D eigenvalue weighted by Gasteiger charge is -2.10. The van der Waals surface area contributed by atoms with E-state index in [0.29, 0.717) is 6.42 Å².